The number of rotatable bonds is 4. The summed E-state index contributed by atoms with van der Waals surface area (Å²) in [5.74, 6) is 0.709. The average Bonchev–Trinajstić information content (AvgIpc) is 2.16. The first-order valence-corrected chi connectivity index (χ1v) is 5.15. The van der Waals surface area contributed by atoms with Gasteiger partial charge in [-0.25, -0.2) is 4.98 Å². The molecule has 0 saturated carbocycles. The van der Waals surface area contributed by atoms with Crippen molar-refractivity contribution in [2.75, 3.05) is 11.9 Å². The van der Waals surface area contributed by atoms with Gasteiger partial charge in [0.15, 0.2) is 0 Å². The lowest BCUT2D eigenvalue weighted by atomic mass is 9.88. The van der Waals surface area contributed by atoms with Crippen LogP contribution >= 0.6 is 0 Å². The molecule has 1 heterocycles. The quantitative estimate of drug-likeness (QED) is 0.792. The average molecular weight is 209 g/mol. The van der Waals surface area contributed by atoms with Crippen molar-refractivity contribution in [1.82, 2.24) is 9.97 Å². The van der Waals surface area contributed by atoms with Crippen molar-refractivity contribution in [3.05, 3.63) is 18.6 Å². The van der Waals surface area contributed by atoms with E-state index in [2.05, 4.69) is 36.1 Å². The van der Waals surface area contributed by atoms with Crippen LogP contribution in [0.5, 0.6) is 0 Å². The normalized spacial score (nSPS) is 13.6. The van der Waals surface area contributed by atoms with Crippen molar-refractivity contribution in [3.63, 3.8) is 0 Å². The molecule has 1 aromatic rings. The monoisotopic (exact) mass is 209 g/mol. The van der Waals surface area contributed by atoms with E-state index in [1.165, 1.54) is 0 Å². The summed E-state index contributed by atoms with van der Waals surface area (Å²) in [7, 11) is 0. The van der Waals surface area contributed by atoms with E-state index in [0.717, 1.165) is 6.42 Å². The van der Waals surface area contributed by atoms with Gasteiger partial charge in [0, 0.05) is 12.4 Å². The second-order valence-corrected chi connectivity index (χ2v) is 4.88. The fourth-order valence-corrected chi connectivity index (χ4v) is 1.48. The minimum absolute atomic E-state index is 0.0294. The summed E-state index contributed by atoms with van der Waals surface area (Å²) in [4.78, 5) is 8.07. The van der Waals surface area contributed by atoms with Gasteiger partial charge in [-0.15, -0.1) is 0 Å². The second-order valence-electron chi connectivity index (χ2n) is 4.88. The first-order valence-electron chi connectivity index (χ1n) is 5.15. The van der Waals surface area contributed by atoms with Gasteiger partial charge in [0.1, 0.15) is 5.82 Å². The summed E-state index contributed by atoms with van der Waals surface area (Å²) in [5, 5.41) is 12.4. The van der Waals surface area contributed by atoms with Gasteiger partial charge >= 0.3 is 0 Å². The zero-order valence-electron chi connectivity index (χ0n) is 9.57. The molecule has 1 rings (SSSR count). The molecule has 2 N–H and O–H groups in total. The molecular formula is C11H19N3O. The van der Waals surface area contributed by atoms with Crippen molar-refractivity contribution >= 4 is 5.82 Å². The van der Waals surface area contributed by atoms with Crippen LogP contribution in [0.25, 0.3) is 0 Å². The van der Waals surface area contributed by atoms with Gasteiger partial charge in [0.2, 0.25) is 0 Å². The van der Waals surface area contributed by atoms with Crippen LogP contribution in [0.1, 0.15) is 27.2 Å². The van der Waals surface area contributed by atoms with Crippen LogP contribution < -0.4 is 5.32 Å². The van der Waals surface area contributed by atoms with E-state index >= 15 is 0 Å². The lowest BCUT2D eigenvalue weighted by molar-refractivity contribution is 0.233. The third-order valence-electron chi connectivity index (χ3n) is 1.99. The molecular weight excluding hydrogens is 190 g/mol. The van der Waals surface area contributed by atoms with Crippen LogP contribution in [0.2, 0.25) is 0 Å². The lowest BCUT2D eigenvalue weighted by Gasteiger charge is -2.25. The van der Waals surface area contributed by atoms with E-state index < -0.39 is 0 Å². The van der Waals surface area contributed by atoms with Crippen molar-refractivity contribution < 1.29 is 5.11 Å². The number of aliphatic hydroxyl groups is 1. The van der Waals surface area contributed by atoms with E-state index in [-0.39, 0.29) is 18.1 Å². The Hall–Kier alpha value is -1.16. The van der Waals surface area contributed by atoms with Crippen LogP contribution in [0.15, 0.2) is 18.6 Å². The standard InChI is InChI=1S/C11H19N3O/c1-11(2,3)6-9(8-15)14-10-7-12-4-5-13-10/h4-5,7,9,15H,6,8H2,1-3H3,(H,13,14). The number of hydrogen-bond donors (Lipinski definition) is 2. The van der Waals surface area contributed by atoms with Gasteiger partial charge in [0.25, 0.3) is 0 Å². The maximum Gasteiger partial charge on any atom is 0.144 e. The number of aromatic nitrogens is 2. The third kappa shape index (κ3) is 4.74. The Morgan fingerprint density at radius 2 is 2.13 bits per heavy atom. The number of anilines is 1. The molecule has 1 atom stereocenters. The first kappa shape index (κ1) is 11.9. The number of nitrogens with zero attached hydrogens (tertiary/aromatic N) is 2. The van der Waals surface area contributed by atoms with E-state index in [9.17, 15) is 5.11 Å². The molecule has 15 heavy (non-hydrogen) atoms. The van der Waals surface area contributed by atoms with Gasteiger partial charge in [-0.2, -0.15) is 0 Å². The van der Waals surface area contributed by atoms with Gasteiger partial charge in [-0.1, -0.05) is 20.8 Å². The number of hydrogen-bond acceptors (Lipinski definition) is 4. The van der Waals surface area contributed by atoms with Crippen molar-refractivity contribution in [2.24, 2.45) is 5.41 Å². The fraction of sp³-hybridized carbons (Fsp3) is 0.636. The molecule has 0 aliphatic heterocycles. The van der Waals surface area contributed by atoms with Gasteiger partial charge in [0.05, 0.1) is 18.8 Å². The summed E-state index contributed by atoms with van der Waals surface area (Å²) >= 11 is 0. The third-order valence-corrected chi connectivity index (χ3v) is 1.99. The van der Waals surface area contributed by atoms with Crippen LogP contribution in [0.4, 0.5) is 5.82 Å². The molecule has 0 bridgehead atoms. The Morgan fingerprint density at radius 3 is 2.60 bits per heavy atom. The maximum absolute atomic E-state index is 9.24. The molecule has 0 amide bonds. The van der Waals surface area contributed by atoms with E-state index in [1.54, 1.807) is 18.6 Å². The minimum atomic E-state index is 0.0294. The molecule has 0 spiro atoms. The molecule has 84 valence electrons. The lowest BCUT2D eigenvalue weighted by Crippen LogP contribution is -2.29. The minimum Gasteiger partial charge on any atom is -0.394 e. The molecule has 0 aromatic carbocycles. The largest absolute Gasteiger partial charge is 0.394 e. The van der Waals surface area contributed by atoms with Gasteiger partial charge in [-0.3, -0.25) is 4.98 Å². The van der Waals surface area contributed by atoms with E-state index in [4.69, 9.17) is 0 Å². The Bertz CT molecular complexity index is 282. The smallest absolute Gasteiger partial charge is 0.144 e. The van der Waals surface area contributed by atoms with Crippen LogP contribution in [0.3, 0.4) is 0 Å². The highest BCUT2D eigenvalue weighted by Crippen LogP contribution is 2.22. The molecule has 1 unspecified atom stereocenters. The number of nitrogens with one attached hydrogen (secondary N) is 1. The first-order chi connectivity index (χ1) is 7.01. The molecule has 4 nitrogen and oxygen atoms in total. The summed E-state index contributed by atoms with van der Waals surface area (Å²) in [5.41, 5.74) is 0.183. The van der Waals surface area contributed by atoms with Crippen LogP contribution in [-0.4, -0.2) is 27.7 Å². The maximum atomic E-state index is 9.24. The second kappa shape index (κ2) is 5.07. The predicted octanol–water partition coefficient (Wildman–Crippen LogP) is 1.69. The highest BCUT2D eigenvalue weighted by atomic mass is 16.3. The van der Waals surface area contributed by atoms with Crippen molar-refractivity contribution in [1.29, 1.82) is 0 Å². The highest BCUT2D eigenvalue weighted by molar-refractivity contribution is 5.31. The fourth-order valence-electron chi connectivity index (χ4n) is 1.48. The van der Waals surface area contributed by atoms with E-state index in [0.29, 0.717) is 5.82 Å². The Kier molecular flexibility index (Phi) is 4.03. The molecule has 0 aliphatic rings. The van der Waals surface area contributed by atoms with E-state index in [1.807, 2.05) is 0 Å². The SMILES string of the molecule is CC(C)(C)CC(CO)Nc1cnccn1. The van der Waals surface area contributed by atoms with Gasteiger partial charge < -0.3 is 10.4 Å². The molecule has 4 heteroatoms. The Labute approximate surface area is 90.8 Å². The molecule has 0 aliphatic carbocycles. The highest BCUT2D eigenvalue weighted by Gasteiger charge is 2.18. The topological polar surface area (TPSA) is 58.0 Å². The number of aliphatic hydroxyl groups excluding tert-OH is 1. The Balaban J connectivity index is 2.55. The summed E-state index contributed by atoms with van der Waals surface area (Å²) in [6.45, 7) is 6.55. The molecule has 1 aromatic heterocycles. The summed E-state index contributed by atoms with van der Waals surface area (Å²) < 4.78 is 0. The predicted molar refractivity (Wildman–Crippen MR) is 60.6 cm³/mol. The van der Waals surface area contributed by atoms with Crippen molar-refractivity contribution in [3.8, 4) is 0 Å². The van der Waals surface area contributed by atoms with Crippen LogP contribution in [0, 0.1) is 5.41 Å². The van der Waals surface area contributed by atoms with Crippen molar-refractivity contribution in [2.45, 2.75) is 33.2 Å². The molecule has 0 saturated heterocycles. The summed E-state index contributed by atoms with van der Waals surface area (Å²) in [6.07, 6.45) is 5.81. The zero-order valence-corrected chi connectivity index (χ0v) is 9.57. The molecule has 0 radical (unpaired) electrons. The Morgan fingerprint density at radius 1 is 1.40 bits per heavy atom. The summed E-state index contributed by atoms with van der Waals surface area (Å²) in [6, 6.07) is 0.0294. The molecule has 0 fully saturated rings. The zero-order chi connectivity index (χ0) is 11.3. The van der Waals surface area contributed by atoms with Crippen LogP contribution in [-0.2, 0) is 0 Å². The van der Waals surface area contributed by atoms with Gasteiger partial charge in [-0.05, 0) is 11.8 Å².